The molecule has 2 amide bonds. The Morgan fingerprint density at radius 3 is 2.33 bits per heavy atom. The van der Waals surface area contributed by atoms with E-state index in [4.69, 9.17) is 0 Å². The molecule has 0 unspecified atom stereocenters. The van der Waals surface area contributed by atoms with Crippen LogP contribution in [0, 0.1) is 20.8 Å². The number of hydrogen-bond donors (Lipinski definition) is 0. The van der Waals surface area contributed by atoms with Crippen LogP contribution in [0.1, 0.15) is 37.5 Å². The highest BCUT2D eigenvalue weighted by Crippen LogP contribution is 2.35. The second-order valence-corrected chi connectivity index (χ2v) is 6.13. The van der Waals surface area contributed by atoms with Crippen molar-refractivity contribution in [1.82, 2.24) is 4.98 Å². The summed E-state index contributed by atoms with van der Waals surface area (Å²) in [5.74, 6) is -0.565. The Morgan fingerprint density at radius 1 is 0.833 bits per heavy atom. The summed E-state index contributed by atoms with van der Waals surface area (Å²) in [4.78, 5) is 31.9. The van der Waals surface area contributed by atoms with Crippen LogP contribution in [-0.4, -0.2) is 16.8 Å². The van der Waals surface area contributed by atoms with Gasteiger partial charge in [-0.1, -0.05) is 30.3 Å². The van der Waals surface area contributed by atoms with Gasteiger partial charge >= 0.3 is 0 Å². The Morgan fingerprint density at radius 2 is 1.54 bits per heavy atom. The predicted molar refractivity (Wildman–Crippen MR) is 93.5 cm³/mol. The SMILES string of the molecule is Cc1cccc(N2C(=O)c3c(C)nc4ccccc4c3C2=O)c1C. The minimum absolute atomic E-state index is 0.273. The molecule has 1 aliphatic heterocycles. The summed E-state index contributed by atoms with van der Waals surface area (Å²) in [6.45, 7) is 5.68. The summed E-state index contributed by atoms with van der Waals surface area (Å²) in [5, 5.41) is 0.726. The van der Waals surface area contributed by atoms with Crippen molar-refractivity contribution in [3.8, 4) is 0 Å². The molecule has 0 spiro atoms. The van der Waals surface area contributed by atoms with Crippen molar-refractivity contribution in [2.45, 2.75) is 20.8 Å². The van der Waals surface area contributed by atoms with E-state index in [0.29, 0.717) is 22.5 Å². The van der Waals surface area contributed by atoms with Gasteiger partial charge in [-0.15, -0.1) is 0 Å². The molecule has 4 heteroatoms. The van der Waals surface area contributed by atoms with Crippen LogP contribution in [0.15, 0.2) is 42.5 Å². The first-order valence-corrected chi connectivity index (χ1v) is 7.85. The molecular weight excluding hydrogens is 300 g/mol. The van der Waals surface area contributed by atoms with E-state index < -0.39 is 0 Å². The highest BCUT2D eigenvalue weighted by atomic mass is 16.2. The van der Waals surface area contributed by atoms with Gasteiger partial charge in [-0.2, -0.15) is 0 Å². The van der Waals surface area contributed by atoms with E-state index in [1.807, 2.05) is 56.3 Å². The third kappa shape index (κ3) is 1.83. The fourth-order valence-electron chi connectivity index (χ4n) is 3.33. The van der Waals surface area contributed by atoms with Crippen LogP contribution in [0.3, 0.4) is 0 Å². The molecular formula is C20H16N2O2. The summed E-state index contributed by atoms with van der Waals surface area (Å²) in [6, 6.07) is 13.1. The zero-order valence-electron chi connectivity index (χ0n) is 13.8. The molecule has 0 fully saturated rings. The first-order chi connectivity index (χ1) is 11.5. The lowest BCUT2D eigenvalue weighted by molar-refractivity contribution is 0.0926. The number of aromatic nitrogens is 1. The van der Waals surface area contributed by atoms with Crippen molar-refractivity contribution in [3.05, 3.63) is 70.4 Å². The molecule has 24 heavy (non-hydrogen) atoms. The maximum Gasteiger partial charge on any atom is 0.268 e. The summed E-state index contributed by atoms with van der Waals surface area (Å²) in [5.41, 5.74) is 4.83. The van der Waals surface area contributed by atoms with E-state index in [0.717, 1.165) is 22.0 Å². The average molecular weight is 316 g/mol. The lowest BCUT2D eigenvalue weighted by Crippen LogP contribution is -2.30. The van der Waals surface area contributed by atoms with Crippen molar-refractivity contribution in [1.29, 1.82) is 0 Å². The van der Waals surface area contributed by atoms with Crippen LogP contribution in [0.5, 0.6) is 0 Å². The smallest absolute Gasteiger partial charge is 0.268 e. The van der Waals surface area contributed by atoms with Gasteiger partial charge in [-0.25, -0.2) is 4.90 Å². The van der Waals surface area contributed by atoms with Crippen LogP contribution in [0.4, 0.5) is 5.69 Å². The molecule has 4 rings (SSSR count). The Kier molecular flexibility index (Phi) is 3.03. The van der Waals surface area contributed by atoms with Gasteiger partial charge in [-0.05, 0) is 44.0 Å². The molecule has 2 heterocycles. The molecule has 0 atom stereocenters. The number of pyridine rings is 1. The second-order valence-electron chi connectivity index (χ2n) is 6.13. The Labute approximate surface area is 139 Å². The highest BCUT2D eigenvalue weighted by Gasteiger charge is 2.40. The summed E-state index contributed by atoms with van der Waals surface area (Å²) < 4.78 is 0. The van der Waals surface area contributed by atoms with Crippen molar-refractivity contribution in [3.63, 3.8) is 0 Å². The first kappa shape index (κ1) is 14.6. The van der Waals surface area contributed by atoms with Crippen LogP contribution in [0.2, 0.25) is 0 Å². The number of nitrogens with zero attached hydrogens (tertiary/aromatic N) is 2. The van der Waals surface area contributed by atoms with E-state index in [2.05, 4.69) is 4.98 Å². The molecule has 3 aromatic rings. The zero-order valence-corrected chi connectivity index (χ0v) is 13.8. The molecule has 118 valence electrons. The average Bonchev–Trinajstić information content (AvgIpc) is 2.83. The molecule has 0 bridgehead atoms. The predicted octanol–water partition coefficient (Wildman–Crippen LogP) is 3.96. The third-order valence-corrected chi connectivity index (χ3v) is 4.72. The van der Waals surface area contributed by atoms with E-state index in [-0.39, 0.29) is 11.8 Å². The Bertz CT molecular complexity index is 1040. The van der Waals surface area contributed by atoms with Gasteiger partial charge in [0.2, 0.25) is 0 Å². The van der Waals surface area contributed by atoms with Gasteiger partial charge in [0.25, 0.3) is 11.8 Å². The summed E-state index contributed by atoms with van der Waals surface area (Å²) in [6.07, 6.45) is 0. The van der Waals surface area contributed by atoms with Crippen LogP contribution in [-0.2, 0) is 0 Å². The van der Waals surface area contributed by atoms with Crippen molar-refractivity contribution >= 4 is 28.4 Å². The summed E-state index contributed by atoms with van der Waals surface area (Å²) >= 11 is 0. The van der Waals surface area contributed by atoms with E-state index in [1.54, 1.807) is 6.92 Å². The molecule has 0 aliphatic carbocycles. The molecule has 0 saturated carbocycles. The monoisotopic (exact) mass is 316 g/mol. The summed E-state index contributed by atoms with van der Waals surface area (Å²) in [7, 11) is 0. The number of anilines is 1. The number of para-hydroxylation sites is 1. The normalized spacial score (nSPS) is 13.7. The standard InChI is InChI=1S/C20H16N2O2/c1-11-7-6-10-16(12(11)2)22-19(23)17-13(3)21-15-9-5-4-8-14(15)18(17)20(22)24/h4-10H,1-3H3. The Hall–Kier alpha value is -3.01. The number of carbonyl (C=O) groups excluding carboxylic acids is 2. The van der Waals surface area contributed by atoms with Gasteiger partial charge in [0, 0.05) is 5.39 Å². The molecule has 0 N–H and O–H groups in total. The highest BCUT2D eigenvalue weighted by molar-refractivity contribution is 6.38. The molecule has 2 aromatic carbocycles. The number of aryl methyl sites for hydroxylation is 2. The number of amides is 2. The van der Waals surface area contributed by atoms with Gasteiger partial charge in [0.15, 0.2) is 0 Å². The maximum atomic E-state index is 13.1. The van der Waals surface area contributed by atoms with Crippen LogP contribution in [0.25, 0.3) is 10.9 Å². The van der Waals surface area contributed by atoms with Crippen LogP contribution < -0.4 is 4.90 Å². The van der Waals surface area contributed by atoms with Gasteiger partial charge in [-0.3, -0.25) is 14.6 Å². The lowest BCUT2D eigenvalue weighted by atomic mass is 10.0. The molecule has 0 radical (unpaired) electrons. The zero-order chi connectivity index (χ0) is 17.0. The van der Waals surface area contributed by atoms with Crippen molar-refractivity contribution < 1.29 is 9.59 Å². The number of benzene rings is 2. The number of hydrogen-bond acceptors (Lipinski definition) is 3. The van der Waals surface area contributed by atoms with Crippen molar-refractivity contribution in [2.24, 2.45) is 0 Å². The topological polar surface area (TPSA) is 50.3 Å². The minimum Gasteiger partial charge on any atom is -0.268 e. The van der Waals surface area contributed by atoms with Gasteiger partial charge in [0.1, 0.15) is 0 Å². The fraction of sp³-hybridized carbons (Fsp3) is 0.150. The van der Waals surface area contributed by atoms with Crippen LogP contribution >= 0.6 is 0 Å². The number of rotatable bonds is 1. The number of fused-ring (bicyclic) bond motifs is 3. The van der Waals surface area contributed by atoms with E-state index >= 15 is 0 Å². The Balaban J connectivity index is 2.01. The van der Waals surface area contributed by atoms with Crippen molar-refractivity contribution in [2.75, 3.05) is 4.90 Å². The third-order valence-electron chi connectivity index (χ3n) is 4.72. The fourth-order valence-corrected chi connectivity index (χ4v) is 3.33. The molecule has 0 saturated heterocycles. The number of imide groups is 1. The second kappa shape index (κ2) is 4.99. The minimum atomic E-state index is -0.292. The molecule has 4 nitrogen and oxygen atoms in total. The van der Waals surface area contributed by atoms with E-state index in [1.165, 1.54) is 4.90 Å². The van der Waals surface area contributed by atoms with Gasteiger partial charge in [0.05, 0.1) is 28.0 Å². The maximum absolute atomic E-state index is 13.1. The lowest BCUT2D eigenvalue weighted by Gasteiger charge is -2.17. The largest absolute Gasteiger partial charge is 0.268 e. The van der Waals surface area contributed by atoms with Gasteiger partial charge < -0.3 is 0 Å². The van der Waals surface area contributed by atoms with E-state index in [9.17, 15) is 9.59 Å². The first-order valence-electron chi connectivity index (χ1n) is 7.85. The molecule has 1 aromatic heterocycles. The quantitative estimate of drug-likeness (QED) is 0.639. The molecule has 1 aliphatic rings. The number of carbonyl (C=O) groups is 2.